The summed E-state index contributed by atoms with van der Waals surface area (Å²) < 4.78 is 37.5. The molecule has 0 radical (unpaired) electrons. The third kappa shape index (κ3) is 3.31. The predicted octanol–water partition coefficient (Wildman–Crippen LogP) is 3.29. The molecule has 1 N–H and O–H groups in total. The Morgan fingerprint density at radius 3 is 2.05 bits per heavy atom. The molecule has 0 aromatic heterocycles. The van der Waals surface area contributed by atoms with Crippen molar-refractivity contribution in [2.45, 2.75) is 6.04 Å². The molecule has 0 spiro atoms. The Labute approximate surface area is 122 Å². The summed E-state index contributed by atoms with van der Waals surface area (Å²) in [5, 5.41) is 3.02. The van der Waals surface area contributed by atoms with E-state index in [9.17, 15) is 8.78 Å². The summed E-state index contributed by atoms with van der Waals surface area (Å²) in [4.78, 5) is 0. The first-order chi connectivity index (χ1) is 10.1. The van der Waals surface area contributed by atoms with E-state index in [0.717, 1.165) is 11.6 Å². The third-order valence-corrected chi connectivity index (χ3v) is 3.27. The SMILES string of the molecule is CNC(c1cc(OC)cc(OC)c1)c1ccc(F)cc1F. The normalized spacial score (nSPS) is 12.0. The van der Waals surface area contributed by atoms with Crippen LogP contribution >= 0.6 is 0 Å². The zero-order valence-corrected chi connectivity index (χ0v) is 12.1. The Kier molecular flexibility index (Phi) is 4.75. The van der Waals surface area contributed by atoms with Gasteiger partial charge in [0.2, 0.25) is 0 Å². The number of nitrogens with one attached hydrogen (secondary N) is 1. The summed E-state index contributed by atoms with van der Waals surface area (Å²) >= 11 is 0. The molecule has 3 nitrogen and oxygen atoms in total. The zero-order valence-electron chi connectivity index (χ0n) is 12.1. The van der Waals surface area contributed by atoms with Crippen LogP contribution in [0.25, 0.3) is 0 Å². The van der Waals surface area contributed by atoms with Crippen molar-refractivity contribution in [3.8, 4) is 11.5 Å². The van der Waals surface area contributed by atoms with Gasteiger partial charge in [-0.15, -0.1) is 0 Å². The van der Waals surface area contributed by atoms with Crippen LogP contribution in [-0.2, 0) is 0 Å². The number of hydrogen-bond acceptors (Lipinski definition) is 3. The number of rotatable bonds is 5. The molecule has 0 aliphatic carbocycles. The average molecular weight is 293 g/mol. The molecule has 0 heterocycles. The van der Waals surface area contributed by atoms with Crippen molar-refractivity contribution in [1.29, 1.82) is 0 Å². The first-order valence-corrected chi connectivity index (χ1v) is 6.44. The Morgan fingerprint density at radius 2 is 1.57 bits per heavy atom. The van der Waals surface area contributed by atoms with Gasteiger partial charge < -0.3 is 14.8 Å². The molecular formula is C16H17F2NO2. The van der Waals surface area contributed by atoms with E-state index in [4.69, 9.17) is 9.47 Å². The number of methoxy groups -OCH3 is 2. The summed E-state index contributed by atoms with van der Waals surface area (Å²) in [6.45, 7) is 0. The van der Waals surface area contributed by atoms with Crippen LogP contribution in [0.1, 0.15) is 17.2 Å². The lowest BCUT2D eigenvalue weighted by molar-refractivity contribution is 0.392. The standard InChI is InChI=1S/C16H17F2NO2/c1-19-16(14-5-4-11(17)8-15(14)18)10-6-12(20-2)9-13(7-10)21-3/h4-9,16,19H,1-3H3. The van der Waals surface area contributed by atoms with Crippen LogP contribution in [0.2, 0.25) is 0 Å². The number of ether oxygens (including phenoxy) is 2. The van der Waals surface area contributed by atoms with Crippen molar-refractivity contribution in [2.24, 2.45) is 0 Å². The van der Waals surface area contributed by atoms with E-state index < -0.39 is 17.7 Å². The minimum absolute atomic E-state index is 0.356. The predicted molar refractivity (Wildman–Crippen MR) is 76.8 cm³/mol. The molecule has 0 bridgehead atoms. The second-order valence-corrected chi connectivity index (χ2v) is 4.53. The van der Waals surface area contributed by atoms with Crippen LogP contribution in [0.5, 0.6) is 11.5 Å². The molecule has 2 aromatic rings. The minimum Gasteiger partial charge on any atom is -0.497 e. The maximum atomic E-state index is 14.0. The molecule has 0 amide bonds. The molecule has 21 heavy (non-hydrogen) atoms. The van der Waals surface area contributed by atoms with E-state index in [1.54, 1.807) is 39.5 Å². The van der Waals surface area contributed by atoms with E-state index in [1.807, 2.05) is 0 Å². The van der Waals surface area contributed by atoms with Crippen LogP contribution in [0, 0.1) is 11.6 Å². The third-order valence-electron chi connectivity index (χ3n) is 3.27. The van der Waals surface area contributed by atoms with Crippen molar-refractivity contribution >= 4 is 0 Å². The molecule has 1 atom stereocenters. The van der Waals surface area contributed by atoms with Crippen LogP contribution in [0.15, 0.2) is 36.4 Å². The van der Waals surface area contributed by atoms with Gasteiger partial charge in [-0.1, -0.05) is 6.07 Å². The van der Waals surface area contributed by atoms with Gasteiger partial charge in [-0.25, -0.2) is 8.78 Å². The molecule has 112 valence electrons. The molecule has 2 rings (SSSR count). The van der Waals surface area contributed by atoms with Crippen LogP contribution in [0.4, 0.5) is 8.78 Å². The quantitative estimate of drug-likeness (QED) is 0.917. The topological polar surface area (TPSA) is 30.5 Å². The van der Waals surface area contributed by atoms with Gasteiger partial charge in [0.05, 0.1) is 20.3 Å². The lowest BCUT2D eigenvalue weighted by Gasteiger charge is -2.19. The summed E-state index contributed by atoms with van der Waals surface area (Å²) in [6.07, 6.45) is 0. The van der Waals surface area contributed by atoms with E-state index in [2.05, 4.69) is 5.32 Å². The molecule has 0 aliphatic heterocycles. The van der Waals surface area contributed by atoms with Crippen molar-refractivity contribution in [3.05, 3.63) is 59.2 Å². The first kappa shape index (κ1) is 15.3. The van der Waals surface area contributed by atoms with Gasteiger partial charge in [0.1, 0.15) is 23.1 Å². The highest BCUT2D eigenvalue weighted by Gasteiger charge is 2.18. The Morgan fingerprint density at radius 1 is 0.952 bits per heavy atom. The number of hydrogen-bond donors (Lipinski definition) is 1. The lowest BCUT2D eigenvalue weighted by Crippen LogP contribution is -2.19. The van der Waals surface area contributed by atoms with Gasteiger partial charge in [0.15, 0.2) is 0 Å². The Bertz CT molecular complexity index is 609. The fraction of sp³-hybridized carbons (Fsp3) is 0.250. The van der Waals surface area contributed by atoms with Crippen molar-refractivity contribution in [2.75, 3.05) is 21.3 Å². The lowest BCUT2D eigenvalue weighted by atomic mass is 9.97. The first-order valence-electron chi connectivity index (χ1n) is 6.44. The summed E-state index contributed by atoms with van der Waals surface area (Å²) in [7, 11) is 4.80. The highest BCUT2D eigenvalue weighted by Crippen LogP contribution is 2.31. The number of halogens is 2. The van der Waals surface area contributed by atoms with E-state index in [1.165, 1.54) is 12.1 Å². The highest BCUT2D eigenvalue weighted by atomic mass is 19.1. The van der Waals surface area contributed by atoms with Gasteiger partial charge in [-0.3, -0.25) is 0 Å². The van der Waals surface area contributed by atoms with E-state index >= 15 is 0 Å². The van der Waals surface area contributed by atoms with E-state index in [0.29, 0.717) is 17.1 Å². The van der Waals surface area contributed by atoms with Gasteiger partial charge in [-0.2, -0.15) is 0 Å². The van der Waals surface area contributed by atoms with Gasteiger partial charge in [0, 0.05) is 17.7 Å². The van der Waals surface area contributed by atoms with Gasteiger partial charge in [-0.05, 0) is 30.8 Å². The summed E-state index contributed by atoms with van der Waals surface area (Å²) in [5.41, 5.74) is 1.12. The maximum Gasteiger partial charge on any atom is 0.131 e. The van der Waals surface area contributed by atoms with Crippen LogP contribution in [0.3, 0.4) is 0 Å². The fourth-order valence-electron chi connectivity index (χ4n) is 2.23. The molecule has 0 saturated carbocycles. The van der Waals surface area contributed by atoms with Gasteiger partial charge >= 0.3 is 0 Å². The molecule has 0 aliphatic rings. The summed E-state index contributed by atoms with van der Waals surface area (Å²) in [5.74, 6) is 0.00435. The molecule has 5 heteroatoms. The fourth-order valence-corrected chi connectivity index (χ4v) is 2.23. The minimum atomic E-state index is -0.602. The van der Waals surface area contributed by atoms with Crippen molar-refractivity contribution < 1.29 is 18.3 Å². The second kappa shape index (κ2) is 6.54. The molecule has 2 aromatic carbocycles. The smallest absolute Gasteiger partial charge is 0.131 e. The second-order valence-electron chi connectivity index (χ2n) is 4.53. The Balaban J connectivity index is 2.50. The maximum absolute atomic E-state index is 14.0. The number of benzene rings is 2. The van der Waals surface area contributed by atoms with Crippen molar-refractivity contribution in [1.82, 2.24) is 5.32 Å². The molecule has 0 saturated heterocycles. The largest absolute Gasteiger partial charge is 0.497 e. The zero-order chi connectivity index (χ0) is 15.4. The summed E-state index contributed by atoms with van der Waals surface area (Å²) in [6, 6.07) is 8.40. The van der Waals surface area contributed by atoms with Gasteiger partial charge in [0.25, 0.3) is 0 Å². The Hall–Kier alpha value is -2.14. The monoisotopic (exact) mass is 293 g/mol. The van der Waals surface area contributed by atoms with Crippen LogP contribution in [-0.4, -0.2) is 21.3 Å². The average Bonchev–Trinajstić information content (AvgIpc) is 2.49. The highest BCUT2D eigenvalue weighted by molar-refractivity contribution is 5.43. The van der Waals surface area contributed by atoms with E-state index in [-0.39, 0.29) is 0 Å². The molecule has 0 fully saturated rings. The van der Waals surface area contributed by atoms with Crippen molar-refractivity contribution in [3.63, 3.8) is 0 Å². The van der Waals surface area contributed by atoms with Crippen LogP contribution < -0.4 is 14.8 Å². The molecular weight excluding hydrogens is 276 g/mol. The molecule has 1 unspecified atom stereocenters.